The first-order valence-electron chi connectivity index (χ1n) is 17.2. The van der Waals surface area contributed by atoms with E-state index in [0.29, 0.717) is 0 Å². The normalized spacial score (nSPS) is 12.9. The number of esters is 1. The number of alkyl carbamates (subject to hydrolysis) is 1. The minimum atomic E-state index is -3.97. The van der Waals surface area contributed by atoms with E-state index in [-0.39, 0.29) is 56.2 Å². The Morgan fingerprint density at radius 1 is 0.868 bits per heavy atom. The Kier molecular flexibility index (Phi) is 15.8. The lowest BCUT2D eigenvalue weighted by molar-refractivity contribution is -0.155. The van der Waals surface area contributed by atoms with Crippen molar-refractivity contribution in [2.24, 2.45) is 10.7 Å². The molecule has 0 aromatic heterocycles. The molecule has 5 N–H and O–H groups in total. The number of hydrogen-bond acceptors (Lipinski definition) is 9. The Labute approximate surface area is 311 Å². The zero-order chi connectivity index (χ0) is 39.0. The molecular formula is C38H50N6O8S. The Balaban J connectivity index is 1.73. The molecule has 0 fully saturated rings. The van der Waals surface area contributed by atoms with Crippen molar-refractivity contribution >= 4 is 39.9 Å². The Bertz CT molecular complexity index is 1800. The topological polar surface area (TPSA) is 199 Å². The predicted molar refractivity (Wildman–Crippen MR) is 201 cm³/mol. The van der Waals surface area contributed by atoms with Gasteiger partial charge >= 0.3 is 12.1 Å². The molecule has 0 saturated heterocycles. The van der Waals surface area contributed by atoms with Gasteiger partial charge in [-0.15, -0.1) is 0 Å². The van der Waals surface area contributed by atoms with Gasteiger partial charge in [-0.05, 0) is 63.8 Å². The van der Waals surface area contributed by atoms with Crippen LogP contribution in [0.3, 0.4) is 0 Å². The molecular weight excluding hydrogens is 701 g/mol. The first-order valence-corrected chi connectivity index (χ1v) is 18.7. The minimum absolute atomic E-state index is 0.00650. The first kappa shape index (κ1) is 42.0. The van der Waals surface area contributed by atoms with Crippen LogP contribution in [0.15, 0.2) is 94.8 Å². The largest absolute Gasteiger partial charge is 0.460 e. The maximum absolute atomic E-state index is 13.8. The maximum atomic E-state index is 13.8. The molecule has 3 amide bonds. The third kappa shape index (κ3) is 15.4. The van der Waals surface area contributed by atoms with Crippen LogP contribution in [-0.4, -0.2) is 81.0 Å². The molecule has 0 bridgehead atoms. The predicted octanol–water partition coefficient (Wildman–Crippen LogP) is 3.58. The number of hydrogen-bond donors (Lipinski definition) is 4. The summed E-state index contributed by atoms with van der Waals surface area (Å²) < 4.78 is 38.3. The van der Waals surface area contributed by atoms with Crippen LogP contribution < -0.4 is 21.1 Å². The second kappa shape index (κ2) is 20.0. The average Bonchev–Trinajstić information content (AvgIpc) is 3.10. The molecule has 0 heterocycles. The molecule has 14 nitrogen and oxygen atoms in total. The van der Waals surface area contributed by atoms with Gasteiger partial charge in [-0.25, -0.2) is 17.9 Å². The molecule has 2 atom stereocenters. The molecule has 286 valence electrons. The summed E-state index contributed by atoms with van der Waals surface area (Å²) in [6.45, 7) is 7.11. The molecule has 3 aromatic rings. The molecule has 53 heavy (non-hydrogen) atoms. The summed E-state index contributed by atoms with van der Waals surface area (Å²) in [5, 5.41) is 5.37. The van der Waals surface area contributed by atoms with Crippen molar-refractivity contribution in [3.05, 3.63) is 102 Å². The summed E-state index contributed by atoms with van der Waals surface area (Å²) in [6.07, 6.45) is -0.544. The Hall–Kier alpha value is -5.44. The number of nitrogens with one attached hydrogen (secondary N) is 3. The summed E-state index contributed by atoms with van der Waals surface area (Å²) in [4.78, 5) is 58.2. The van der Waals surface area contributed by atoms with E-state index in [4.69, 9.17) is 15.2 Å². The molecule has 0 unspecified atom stereocenters. The zero-order valence-corrected chi connectivity index (χ0v) is 31.6. The van der Waals surface area contributed by atoms with Crippen molar-refractivity contribution < 1.29 is 37.1 Å². The SMILES string of the molecule is Cc1ccc(S(=O)(=O)NC(N)=NCCC[C@@H](NC(=O)OCc2ccccc2)C(=O)N[C@@H](Cc2ccccc2)C(=O)N(C)CCC(=O)OC(C)(C)C)cc1. The van der Waals surface area contributed by atoms with Crippen LogP contribution in [0, 0.1) is 6.92 Å². The van der Waals surface area contributed by atoms with Gasteiger partial charge in [0.15, 0.2) is 0 Å². The standard InChI is InChI=1S/C38H50N6O8S/c1-27-18-20-30(21-19-27)53(49,50)43-36(39)40-23-12-17-31(42-37(48)51-26-29-15-10-7-11-16-29)34(46)41-32(25-28-13-8-6-9-14-28)35(47)44(5)24-22-33(45)52-38(2,3)4/h6-11,13-16,18-21,31-32H,12,17,22-26H2,1-5H3,(H,41,46)(H,42,48)(H3,39,40,43)/t31-,32+/m1/s1. The van der Waals surface area contributed by atoms with Crippen LogP contribution in [0.2, 0.25) is 0 Å². The Morgan fingerprint density at radius 2 is 1.47 bits per heavy atom. The van der Waals surface area contributed by atoms with E-state index in [2.05, 4.69) is 20.3 Å². The fourth-order valence-electron chi connectivity index (χ4n) is 4.97. The highest BCUT2D eigenvalue weighted by molar-refractivity contribution is 7.90. The van der Waals surface area contributed by atoms with Crippen LogP contribution >= 0.6 is 0 Å². The van der Waals surface area contributed by atoms with E-state index in [1.54, 1.807) is 57.2 Å². The van der Waals surface area contributed by atoms with Crippen molar-refractivity contribution in [1.82, 2.24) is 20.3 Å². The molecule has 15 heteroatoms. The van der Waals surface area contributed by atoms with Gasteiger partial charge in [0.2, 0.25) is 17.8 Å². The molecule has 3 aromatic carbocycles. The molecule has 3 rings (SSSR count). The number of nitrogens with two attached hydrogens (primary N) is 1. The number of aryl methyl sites for hydroxylation is 1. The zero-order valence-electron chi connectivity index (χ0n) is 30.8. The summed E-state index contributed by atoms with van der Waals surface area (Å²) in [7, 11) is -2.43. The first-order chi connectivity index (χ1) is 25.0. The van der Waals surface area contributed by atoms with Crippen LogP contribution in [-0.2, 0) is 46.9 Å². The second-order valence-corrected chi connectivity index (χ2v) is 15.1. The lowest BCUT2D eigenvalue weighted by Gasteiger charge is -2.27. The van der Waals surface area contributed by atoms with E-state index in [1.165, 1.54) is 24.1 Å². The fourth-order valence-corrected chi connectivity index (χ4v) is 5.92. The third-order valence-corrected chi connectivity index (χ3v) is 9.04. The number of ether oxygens (including phenoxy) is 2. The number of carbonyl (C=O) groups excluding carboxylic acids is 4. The van der Waals surface area contributed by atoms with Gasteiger partial charge in [-0.1, -0.05) is 78.4 Å². The number of rotatable bonds is 17. The van der Waals surface area contributed by atoms with Crippen LogP contribution in [0.4, 0.5) is 4.79 Å². The fraction of sp³-hybridized carbons (Fsp3) is 0.395. The summed E-state index contributed by atoms with van der Waals surface area (Å²) in [5.74, 6) is -1.92. The van der Waals surface area contributed by atoms with Gasteiger partial charge in [0.25, 0.3) is 10.0 Å². The average molecular weight is 751 g/mol. The molecule has 0 saturated carbocycles. The lowest BCUT2D eigenvalue weighted by atomic mass is 10.0. The van der Waals surface area contributed by atoms with Crippen molar-refractivity contribution in [1.29, 1.82) is 0 Å². The van der Waals surface area contributed by atoms with Crippen molar-refractivity contribution in [3.63, 3.8) is 0 Å². The van der Waals surface area contributed by atoms with Crippen LogP contribution in [0.25, 0.3) is 0 Å². The van der Waals surface area contributed by atoms with Gasteiger partial charge in [-0.2, -0.15) is 0 Å². The highest BCUT2D eigenvalue weighted by Gasteiger charge is 2.29. The highest BCUT2D eigenvalue weighted by atomic mass is 32.2. The lowest BCUT2D eigenvalue weighted by Crippen LogP contribution is -2.55. The number of guanidine groups is 1. The monoisotopic (exact) mass is 750 g/mol. The van der Waals surface area contributed by atoms with Crippen molar-refractivity contribution in [2.75, 3.05) is 20.1 Å². The molecule has 0 aliphatic rings. The van der Waals surface area contributed by atoms with Crippen molar-refractivity contribution in [2.45, 2.75) is 82.6 Å². The number of benzene rings is 3. The highest BCUT2D eigenvalue weighted by Crippen LogP contribution is 2.12. The third-order valence-electron chi connectivity index (χ3n) is 7.67. The molecule has 0 aliphatic carbocycles. The summed E-state index contributed by atoms with van der Waals surface area (Å²) in [6, 6.07) is 22.1. The van der Waals surface area contributed by atoms with Gasteiger partial charge in [0.1, 0.15) is 24.3 Å². The number of carbonyl (C=O) groups is 4. The van der Waals surface area contributed by atoms with Gasteiger partial charge < -0.3 is 30.7 Å². The number of aliphatic imine (C=N–C) groups is 1. The maximum Gasteiger partial charge on any atom is 0.408 e. The van der Waals surface area contributed by atoms with Crippen LogP contribution in [0.1, 0.15) is 56.7 Å². The van der Waals surface area contributed by atoms with Gasteiger partial charge in [-0.3, -0.25) is 19.4 Å². The van der Waals surface area contributed by atoms with Gasteiger partial charge in [0, 0.05) is 26.6 Å². The number of sulfonamides is 1. The second-order valence-electron chi connectivity index (χ2n) is 13.4. The number of amides is 3. The molecule has 0 radical (unpaired) electrons. The van der Waals surface area contributed by atoms with Crippen molar-refractivity contribution in [3.8, 4) is 0 Å². The molecule has 0 aliphatic heterocycles. The van der Waals surface area contributed by atoms with Crippen LogP contribution in [0.5, 0.6) is 0 Å². The van der Waals surface area contributed by atoms with E-state index in [9.17, 15) is 27.6 Å². The molecule has 0 spiro atoms. The number of likely N-dealkylation sites (N-methyl/N-ethyl adjacent to an activating group) is 1. The van der Waals surface area contributed by atoms with Gasteiger partial charge in [0.05, 0.1) is 11.3 Å². The summed E-state index contributed by atoms with van der Waals surface area (Å²) in [5.41, 5.74) is 7.60. The minimum Gasteiger partial charge on any atom is -0.460 e. The van der Waals surface area contributed by atoms with E-state index in [0.717, 1.165) is 16.7 Å². The Morgan fingerprint density at radius 3 is 2.08 bits per heavy atom. The number of nitrogens with zero attached hydrogens (tertiary/aromatic N) is 2. The van der Waals surface area contributed by atoms with E-state index >= 15 is 0 Å². The van der Waals surface area contributed by atoms with E-state index in [1.807, 2.05) is 43.3 Å². The quantitative estimate of drug-likeness (QED) is 0.0690. The smallest absolute Gasteiger partial charge is 0.408 e. The van der Waals surface area contributed by atoms with E-state index < -0.39 is 51.6 Å². The summed E-state index contributed by atoms with van der Waals surface area (Å²) >= 11 is 0.